The lowest BCUT2D eigenvalue weighted by Crippen LogP contribution is -2.42. The maximum Gasteiger partial charge on any atom is 0.316 e. The fraction of sp³-hybridized carbons (Fsp3) is 0.826. The van der Waals surface area contributed by atoms with Crippen LogP contribution in [0, 0.1) is 23.2 Å². The molecule has 156 valence electrons. The van der Waals surface area contributed by atoms with Crippen molar-refractivity contribution in [1.82, 2.24) is 0 Å². The molecule has 4 nitrogen and oxygen atoms in total. The van der Waals surface area contributed by atoms with Gasteiger partial charge in [-0.15, -0.1) is 0 Å². The van der Waals surface area contributed by atoms with Crippen molar-refractivity contribution in [2.75, 3.05) is 0 Å². The van der Waals surface area contributed by atoms with E-state index in [-0.39, 0.29) is 12.1 Å². The van der Waals surface area contributed by atoms with Gasteiger partial charge in [-0.1, -0.05) is 65.5 Å². The molecule has 0 saturated heterocycles. The molecular weight excluding hydrogens is 340 g/mol. The number of carboxylic acids is 1. The Bertz CT molecular complexity index is 495. The van der Waals surface area contributed by atoms with E-state index in [0.29, 0.717) is 18.8 Å². The second-order valence-corrected chi connectivity index (χ2v) is 9.20. The van der Waals surface area contributed by atoms with E-state index in [1.165, 1.54) is 19.3 Å². The SMILES string of the molecule is CC(C)CCCCCCC(CC(C)C)OC(=O)C1(C)C=CCCC1C(=O)O. The van der Waals surface area contributed by atoms with Crippen LogP contribution in [0.3, 0.4) is 0 Å². The van der Waals surface area contributed by atoms with Crippen LogP contribution in [0.1, 0.15) is 92.4 Å². The summed E-state index contributed by atoms with van der Waals surface area (Å²) >= 11 is 0. The average molecular weight is 381 g/mol. The van der Waals surface area contributed by atoms with Crippen molar-refractivity contribution in [2.24, 2.45) is 23.2 Å². The number of carbonyl (C=O) groups is 2. The highest BCUT2D eigenvalue weighted by molar-refractivity contribution is 5.86. The first-order chi connectivity index (χ1) is 12.7. The molecule has 0 aliphatic heterocycles. The topological polar surface area (TPSA) is 63.6 Å². The lowest BCUT2D eigenvalue weighted by atomic mass is 9.71. The number of hydrogen-bond acceptors (Lipinski definition) is 3. The predicted molar refractivity (Wildman–Crippen MR) is 109 cm³/mol. The monoisotopic (exact) mass is 380 g/mol. The summed E-state index contributed by atoms with van der Waals surface area (Å²) in [5, 5.41) is 9.52. The lowest BCUT2D eigenvalue weighted by molar-refractivity contribution is -0.168. The van der Waals surface area contributed by atoms with Gasteiger partial charge in [-0.2, -0.15) is 0 Å². The summed E-state index contributed by atoms with van der Waals surface area (Å²) in [5.41, 5.74) is -1.06. The molecule has 4 heteroatoms. The molecule has 0 radical (unpaired) electrons. The second kappa shape index (κ2) is 11.5. The van der Waals surface area contributed by atoms with E-state index < -0.39 is 17.3 Å². The third-order valence-electron chi connectivity index (χ3n) is 5.61. The molecule has 0 aromatic carbocycles. The van der Waals surface area contributed by atoms with Gasteiger partial charge >= 0.3 is 11.9 Å². The molecular formula is C23H40O4. The molecule has 0 saturated carbocycles. The molecule has 0 spiro atoms. The minimum absolute atomic E-state index is 0.121. The van der Waals surface area contributed by atoms with Gasteiger partial charge in [0.1, 0.15) is 6.10 Å². The number of carbonyl (C=O) groups excluding carboxylic acids is 1. The molecule has 0 heterocycles. The number of esters is 1. The van der Waals surface area contributed by atoms with Crippen LogP contribution in [0.2, 0.25) is 0 Å². The average Bonchev–Trinajstić information content (AvgIpc) is 2.57. The second-order valence-electron chi connectivity index (χ2n) is 9.20. The maximum absolute atomic E-state index is 12.9. The van der Waals surface area contributed by atoms with Crippen molar-refractivity contribution in [3.8, 4) is 0 Å². The van der Waals surface area contributed by atoms with Crippen molar-refractivity contribution < 1.29 is 19.4 Å². The Morgan fingerprint density at radius 1 is 1.07 bits per heavy atom. The predicted octanol–water partition coefficient (Wildman–Crippen LogP) is 6.00. The van der Waals surface area contributed by atoms with Gasteiger partial charge in [-0.05, 0) is 50.9 Å². The fourth-order valence-electron chi connectivity index (χ4n) is 3.90. The van der Waals surface area contributed by atoms with E-state index in [9.17, 15) is 14.7 Å². The van der Waals surface area contributed by atoms with Gasteiger partial charge in [-0.3, -0.25) is 9.59 Å². The van der Waals surface area contributed by atoms with Gasteiger partial charge < -0.3 is 9.84 Å². The van der Waals surface area contributed by atoms with Crippen LogP contribution in [0.25, 0.3) is 0 Å². The molecule has 3 atom stereocenters. The Morgan fingerprint density at radius 2 is 1.70 bits per heavy atom. The number of rotatable bonds is 12. The number of aliphatic carboxylic acids is 1. The Hall–Kier alpha value is -1.32. The van der Waals surface area contributed by atoms with Crippen LogP contribution in [0.15, 0.2) is 12.2 Å². The lowest BCUT2D eigenvalue weighted by Gasteiger charge is -2.34. The molecule has 3 unspecified atom stereocenters. The van der Waals surface area contributed by atoms with Crippen LogP contribution in [-0.2, 0) is 14.3 Å². The molecule has 0 fully saturated rings. The summed E-state index contributed by atoms with van der Waals surface area (Å²) in [6.45, 7) is 10.5. The minimum atomic E-state index is -1.06. The van der Waals surface area contributed by atoms with Gasteiger partial charge in [0.2, 0.25) is 0 Å². The summed E-state index contributed by atoms with van der Waals surface area (Å²) in [6.07, 6.45) is 12.4. The smallest absolute Gasteiger partial charge is 0.316 e. The van der Waals surface area contributed by atoms with Crippen LogP contribution in [0.5, 0.6) is 0 Å². The summed E-state index contributed by atoms with van der Waals surface area (Å²) < 4.78 is 5.88. The number of ether oxygens (including phenoxy) is 1. The van der Waals surface area contributed by atoms with E-state index >= 15 is 0 Å². The molecule has 0 aromatic heterocycles. The summed E-state index contributed by atoms with van der Waals surface area (Å²) in [7, 11) is 0. The Kier molecular flexibility index (Phi) is 10.1. The largest absolute Gasteiger partial charge is 0.481 e. The van der Waals surface area contributed by atoms with Crippen LogP contribution in [0.4, 0.5) is 0 Å². The molecule has 1 N–H and O–H groups in total. The molecule has 1 aliphatic carbocycles. The van der Waals surface area contributed by atoms with Crippen molar-refractivity contribution >= 4 is 11.9 Å². The third kappa shape index (κ3) is 8.06. The Morgan fingerprint density at radius 3 is 2.26 bits per heavy atom. The Balaban J connectivity index is 2.61. The zero-order valence-corrected chi connectivity index (χ0v) is 18.0. The number of hydrogen-bond donors (Lipinski definition) is 1. The molecule has 27 heavy (non-hydrogen) atoms. The zero-order chi connectivity index (χ0) is 20.4. The van der Waals surface area contributed by atoms with Gasteiger partial charge in [0.15, 0.2) is 0 Å². The molecule has 0 bridgehead atoms. The zero-order valence-electron chi connectivity index (χ0n) is 18.0. The van der Waals surface area contributed by atoms with Gasteiger partial charge in [0, 0.05) is 0 Å². The molecule has 0 amide bonds. The highest BCUT2D eigenvalue weighted by atomic mass is 16.5. The van der Waals surface area contributed by atoms with E-state index in [0.717, 1.165) is 31.6 Å². The first-order valence-corrected chi connectivity index (χ1v) is 10.8. The summed E-state index contributed by atoms with van der Waals surface area (Å²) in [4.78, 5) is 24.5. The van der Waals surface area contributed by atoms with Crippen molar-refractivity contribution in [3.05, 3.63) is 12.2 Å². The van der Waals surface area contributed by atoms with Crippen LogP contribution in [-0.4, -0.2) is 23.1 Å². The maximum atomic E-state index is 12.9. The van der Waals surface area contributed by atoms with Crippen LogP contribution >= 0.6 is 0 Å². The van der Waals surface area contributed by atoms with E-state index in [1.54, 1.807) is 13.0 Å². The van der Waals surface area contributed by atoms with Gasteiger partial charge in [0.25, 0.3) is 0 Å². The summed E-state index contributed by atoms with van der Waals surface area (Å²) in [6, 6.07) is 0. The van der Waals surface area contributed by atoms with E-state index in [2.05, 4.69) is 27.7 Å². The van der Waals surface area contributed by atoms with Crippen LogP contribution < -0.4 is 0 Å². The number of carboxylic acid groups (broad SMARTS) is 1. The normalized spacial score (nSPS) is 23.6. The Labute approximate surface area is 165 Å². The quantitative estimate of drug-likeness (QED) is 0.256. The van der Waals surface area contributed by atoms with Gasteiger partial charge in [0.05, 0.1) is 11.3 Å². The number of unbranched alkanes of at least 4 members (excludes halogenated alkanes) is 3. The van der Waals surface area contributed by atoms with Gasteiger partial charge in [-0.25, -0.2) is 0 Å². The third-order valence-corrected chi connectivity index (χ3v) is 5.61. The summed E-state index contributed by atoms with van der Waals surface area (Å²) in [5.74, 6) is -0.800. The van der Waals surface area contributed by atoms with Crippen molar-refractivity contribution in [1.29, 1.82) is 0 Å². The minimum Gasteiger partial charge on any atom is -0.481 e. The number of allylic oxidation sites excluding steroid dienone is 1. The standard InChI is InChI=1S/C23H40O4/c1-17(2)12-8-6-7-9-13-19(16-18(3)4)27-22(26)23(5)15-11-10-14-20(23)21(24)25/h11,15,17-20H,6-10,12-14,16H2,1-5H3,(H,24,25). The fourth-order valence-corrected chi connectivity index (χ4v) is 3.90. The first-order valence-electron chi connectivity index (χ1n) is 10.8. The highest BCUT2D eigenvalue weighted by Crippen LogP contribution is 2.38. The van der Waals surface area contributed by atoms with E-state index in [4.69, 9.17) is 4.74 Å². The van der Waals surface area contributed by atoms with Crippen molar-refractivity contribution in [3.63, 3.8) is 0 Å². The molecule has 1 aliphatic rings. The van der Waals surface area contributed by atoms with Crippen molar-refractivity contribution in [2.45, 2.75) is 98.5 Å². The van der Waals surface area contributed by atoms with E-state index in [1.807, 2.05) is 6.08 Å². The molecule has 1 rings (SSSR count). The molecule has 0 aromatic rings. The highest BCUT2D eigenvalue weighted by Gasteiger charge is 2.46. The first kappa shape index (κ1) is 23.7.